The third-order valence-corrected chi connectivity index (χ3v) is 5.16. The van der Waals surface area contributed by atoms with Crippen LogP contribution >= 0.6 is 0 Å². The molecule has 1 fully saturated rings. The second-order valence-corrected chi connectivity index (χ2v) is 7.42. The smallest absolute Gasteiger partial charge is 0.269 e. The molecule has 1 unspecified atom stereocenters. The number of carbonyl (C=O) groups excluding carboxylic acids is 1. The van der Waals surface area contributed by atoms with Crippen molar-refractivity contribution in [2.45, 2.75) is 12.5 Å². The van der Waals surface area contributed by atoms with Crippen LogP contribution in [0.15, 0.2) is 36.0 Å². The molecule has 0 radical (unpaired) electrons. The van der Waals surface area contributed by atoms with Crippen LogP contribution in [0.4, 0.5) is 11.4 Å². The van der Waals surface area contributed by atoms with Gasteiger partial charge in [0.25, 0.3) is 11.6 Å². The summed E-state index contributed by atoms with van der Waals surface area (Å²) in [7, 11) is -3.06. The fourth-order valence-corrected chi connectivity index (χ4v) is 3.83. The molecule has 1 aliphatic heterocycles. The van der Waals surface area contributed by atoms with E-state index in [0.717, 1.165) is 0 Å². The standard InChI is InChI=1S/C14H14N4O5S/c15-7-10(8-16-12-5-6-24(22,23)9-12)14(19)17-11-1-3-13(4-2-11)18(20)21/h1-4,8,12,16H,5-6,9H2,(H,17,19)/b10-8-. The van der Waals surface area contributed by atoms with Crippen molar-refractivity contribution in [2.75, 3.05) is 16.8 Å². The Morgan fingerprint density at radius 1 is 1.38 bits per heavy atom. The van der Waals surface area contributed by atoms with Crippen LogP contribution in [0.1, 0.15) is 6.42 Å². The van der Waals surface area contributed by atoms with Crippen LogP contribution in [-0.2, 0) is 14.6 Å². The predicted octanol–water partition coefficient (Wildman–Crippen LogP) is 0.717. The molecule has 126 valence electrons. The maximum atomic E-state index is 12.0. The van der Waals surface area contributed by atoms with E-state index in [9.17, 15) is 23.3 Å². The van der Waals surface area contributed by atoms with Gasteiger partial charge in [-0.3, -0.25) is 14.9 Å². The minimum absolute atomic E-state index is 0.0355. The highest BCUT2D eigenvalue weighted by Gasteiger charge is 2.27. The molecule has 1 aromatic rings. The van der Waals surface area contributed by atoms with Crippen LogP contribution in [-0.4, -0.2) is 36.8 Å². The Kier molecular flexibility index (Phi) is 5.15. The molecule has 1 atom stereocenters. The van der Waals surface area contributed by atoms with E-state index in [-0.39, 0.29) is 28.8 Å². The minimum atomic E-state index is -3.06. The van der Waals surface area contributed by atoms with Crippen molar-refractivity contribution in [3.05, 3.63) is 46.2 Å². The number of nitriles is 1. The van der Waals surface area contributed by atoms with Crippen molar-refractivity contribution in [1.29, 1.82) is 5.26 Å². The molecular formula is C14H14N4O5S. The maximum absolute atomic E-state index is 12.0. The number of nitro groups is 1. The van der Waals surface area contributed by atoms with Gasteiger partial charge in [0.1, 0.15) is 11.6 Å². The van der Waals surface area contributed by atoms with Gasteiger partial charge < -0.3 is 10.6 Å². The van der Waals surface area contributed by atoms with E-state index >= 15 is 0 Å². The van der Waals surface area contributed by atoms with Gasteiger partial charge in [-0.25, -0.2) is 8.42 Å². The SMILES string of the molecule is N#C/C(=C/NC1CCS(=O)(=O)C1)C(=O)Nc1ccc([N+](=O)[O-])cc1. The molecule has 2 N–H and O–H groups in total. The summed E-state index contributed by atoms with van der Waals surface area (Å²) < 4.78 is 22.7. The molecule has 9 nitrogen and oxygen atoms in total. The average molecular weight is 350 g/mol. The quantitative estimate of drug-likeness (QED) is 0.345. The molecule has 1 aliphatic rings. The molecule has 1 saturated heterocycles. The van der Waals surface area contributed by atoms with Gasteiger partial charge in [-0.15, -0.1) is 0 Å². The third-order valence-electron chi connectivity index (χ3n) is 3.40. The Bertz CT molecular complexity index is 824. The molecular weight excluding hydrogens is 336 g/mol. The van der Waals surface area contributed by atoms with Gasteiger partial charge in [-0.1, -0.05) is 0 Å². The fourth-order valence-electron chi connectivity index (χ4n) is 2.14. The van der Waals surface area contributed by atoms with Crippen molar-refractivity contribution in [2.24, 2.45) is 0 Å². The van der Waals surface area contributed by atoms with Crippen LogP contribution in [0, 0.1) is 21.4 Å². The van der Waals surface area contributed by atoms with Crippen LogP contribution in [0.3, 0.4) is 0 Å². The zero-order chi connectivity index (χ0) is 17.7. The third kappa shape index (κ3) is 4.53. The van der Waals surface area contributed by atoms with Crippen molar-refractivity contribution in [3.8, 4) is 6.07 Å². The average Bonchev–Trinajstić information content (AvgIpc) is 2.87. The van der Waals surface area contributed by atoms with Crippen LogP contribution < -0.4 is 10.6 Å². The molecule has 24 heavy (non-hydrogen) atoms. The molecule has 0 aromatic heterocycles. The van der Waals surface area contributed by atoms with Gasteiger partial charge in [-0.05, 0) is 18.6 Å². The fraction of sp³-hybridized carbons (Fsp3) is 0.286. The molecule has 0 saturated carbocycles. The number of amides is 1. The summed E-state index contributed by atoms with van der Waals surface area (Å²) in [6.45, 7) is 0. The van der Waals surface area contributed by atoms with E-state index in [1.54, 1.807) is 6.07 Å². The van der Waals surface area contributed by atoms with Crippen molar-refractivity contribution < 1.29 is 18.1 Å². The van der Waals surface area contributed by atoms with Gasteiger partial charge in [0, 0.05) is 30.1 Å². The van der Waals surface area contributed by atoms with Crippen LogP contribution in [0.2, 0.25) is 0 Å². The van der Waals surface area contributed by atoms with Gasteiger partial charge in [0.05, 0.1) is 16.4 Å². The van der Waals surface area contributed by atoms with Crippen LogP contribution in [0.5, 0.6) is 0 Å². The first-order chi connectivity index (χ1) is 11.3. The lowest BCUT2D eigenvalue weighted by Gasteiger charge is -2.08. The topological polar surface area (TPSA) is 142 Å². The highest BCUT2D eigenvalue weighted by atomic mass is 32.2. The second-order valence-electron chi connectivity index (χ2n) is 5.19. The number of anilines is 1. The first-order valence-electron chi connectivity index (χ1n) is 6.93. The van der Waals surface area contributed by atoms with Crippen molar-refractivity contribution >= 4 is 27.1 Å². The second kappa shape index (κ2) is 7.10. The number of hydrogen-bond acceptors (Lipinski definition) is 7. The number of carbonyl (C=O) groups is 1. The summed E-state index contributed by atoms with van der Waals surface area (Å²) in [5.74, 6) is -0.651. The molecule has 1 heterocycles. The largest absolute Gasteiger partial charge is 0.386 e. The number of sulfone groups is 1. The molecule has 10 heteroatoms. The summed E-state index contributed by atoms with van der Waals surface area (Å²) in [6.07, 6.45) is 1.60. The van der Waals surface area contributed by atoms with Crippen molar-refractivity contribution in [1.82, 2.24) is 5.32 Å². The van der Waals surface area contributed by atoms with E-state index in [1.165, 1.54) is 30.5 Å². The highest BCUT2D eigenvalue weighted by molar-refractivity contribution is 7.91. The number of benzene rings is 1. The zero-order valence-corrected chi connectivity index (χ0v) is 13.2. The number of nitrogens with zero attached hydrogens (tertiary/aromatic N) is 2. The Balaban J connectivity index is 1.99. The number of nitrogens with one attached hydrogen (secondary N) is 2. The lowest BCUT2D eigenvalue weighted by molar-refractivity contribution is -0.384. The lowest BCUT2D eigenvalue weighted by Crippen LogP contribution is -2.27. The highest BCUT2D eigenvalue weighted by Crippen LogP contribution is 2.16. The zero-order valence-electron chi connectivity index (χ0n) is 12.4. The van der Waals surface area contributed by atoms with E-state index in [0.29, 0.717) is 12.1 Å². The Morgan fingerprint density at radius 3 is 2.54 bits per heavy atom. The molecule has 1 amide bonds. The molecule has 2 rings (SSSR count). The predicted molar refractivity (Wildman–Crippen MR) is 85.6 cm³/mol. The molecule has 0 bridgehead atoms. The summed E-state index contributed by atoms with van der Waals surface area (Å²) in [5, 5.41) is 24.8. The Hall–Kier alpha value is -2.93. The first kappa shape index (κ1) is 17.4. The number of rotatable bonds is 5. The van der Waals surface area contributed by atoms with Crippen LogP contribution in [0.25, 0.3) is 0 Å². The van der Waals surface area contributed by atoms with E-state index < -0.39 is 20.7 Å². The summed E-state index contributed by atoms with van der Waals surface area (Å²) in [5.41, 5.74) is -0.0407. The summed E-state index contributed by atoms with van der Waals surface area (Å²) >= 11 is 0. The number of non-ortho nitro benzene ring substituents is 1. The Morgan fingerprint density at radius 2 is 2.04 bits per heavy atom. The van der Waals surface area contributed by atoms with Gasteiger partial charge in [0.15, 0.2) is 9.84 Å². The van der Waals surface area contributed by atoms with Gasteiger partial charge in [0.2, 0.25) is 0 Å². The molecule has 0 aliphatic carbocycles. The minimum Gasteiger partial charge on any atom is -0.386 e. The monoisotopic (exact) mass is 350 g/mol. The summed E-state index contributed by atoms with van der Waals surface area (Å²) in [4.78, 5) is 22.0. The lowest BCUT2D eigenvalue weighted by atomic mass is 10.2. The Labute approximate surface area is 138 Å². The number of hydrogen-bond donors (Lipinski definition) is 2. The number of nitro benzene ring substituents is 1. The maximum Gasteiger partial charge on any atom is 0.269 e. The van der Waals surface area contributed by atoms with Crippen molar-refractivity contribution in [3.63, 3.8) is 0 Å². The molecule has 1 aromatic carbocycles. The normalized spacial score (nSPS) is 19.3. The van der Waals surface area contributed by atoms with E-state index in [1.807, 2.05) is 0 Å². The van der Waals surface area contributed by atoms with Gasteiger partial charge in [-0.2, -0.15) is 5.26 Å². The van der Waals surface area contributed by atoms with Gasteiger partial charge >= 0.3 is 0 Å². The summed E-state index contributed by atoms with van der Waals surface area (Å²) in [6, 6.07) is 6.55. The van der Waals surface area contributed by atoms with E-state index in [2.05, 4.69) is 10.6 Å². The first-order valence-corrected chi connectivity index (χ1v) is 8.75. The molecule has 0 spiro atoms. The van der Waals surface area contributed by atoms with E-state index in [4.69, 9.17) is 5.26 Å².